The molecule has 16 heavy (non-hydrogen) atoms. The number of rotatable bonds is 2. The van der Waals surface area contributed by atoms with E-state index in [9.17, 15) is 14.4 Å². The highest BCUT2D eigenvalue weighted by Crippen LogP contribution is 2.50. The van der Waals surface area contributed by atoms with E-state index in [4.69, 9.17) is 4.74 Å². The van der Waals surface area contributed by atoms with E-state index in [0.29, 0.717) is 12.8 Å². The van der Waals surface area contributed by atoms with Gasteiger partial charge in [0, 0.05) is 6.42 Å². The van der Waals surface area contributed by atoms with E-state index in [1.807, 2.05) is 0 Å². The molecule has 0 N–H and O–H groups in total. The number of nitrogens with zero attached hydrogens (tertiary/aromatic N) is 1. The van der Waals surface area contributed by atoms with Gasteiger partial charge in [0.05, 0.1) is 12.6 Å². The summed E-state index contributed by atoms with van der Waals surface area (Å²) in [5, 5.41) is 0. The minimum atomic E-state index is -1.18. The number of carbonyl (C=O) groups excluding carboxylic acids is 3. The zero-order chi connectivity index (χ0) is 11.9. The molecule has 0 aromatic heterocycles. The number of likely N-dealkylation sites (tertiary alicyclic amines) is 1. The van der Waals surface area contributed by atoms with Crippen LogP contribution < -0.4 is 0 Å². The Hall–Kier alpha value is -1.39. The van der Waals surface area contributed by atoms with Crippen LogP contribution in [0, 0.1) is 0 Å². The summed E-state index contributed by atoms with van der Waals surface area (Å²) in [4.78, 5) is 36.4. The summed E-state index contributed by atoms with van der Waals surface area (Å²) in [5.41, 5.74) is -1.18. The van der Waals surface area contributed by atoms with E-state index in [-0.39, 0.29) is 24.2 Å². The summed E-state index contributed by atoms with van der Waals surface area (Å²) in [7, 11) is 0. The molecule has 1 heterocycles. The molecule has 5 nitrogen and oxygen atoms in total. The van der Waals surface area contributed by atoms with Gasteiger partial charge in [0.25, 0.3) is 0 Å². The van der Waals surface area contributed by atoms with Gasteiger partial charge >= 0.3 is 6.09 Å². The zero-order valence-electron chi connectivity index (χ0n) is 9.49. The molecule has 0 radical (unpaired) electrons. The molecule has 0 spiro atoms. The van der Waals surface area contributed by atoms with Gasteiger partial charge in [0.1, 0.15) is 0 Å². The SMILES string of the molecule is CCOC(=O)N1C2CCCC(=O)C21C(C)=O. The van der Waals surface area contributed by atoms with Gasteiger partial charge in [-0.25, -0.2) is 4.79 Å². The van der Waals surface area contributed by atoms with E-state index in [1.165, 1.54) is 11.8 Å². The van der Waals surface area contributed by atoms with Gasteiger partial charge < -0.3 is 4.74 Å². The number of fused-ring (bicyclic) bond motifs is 1. The molecule has 1 aliphatic heterocycles. The minimum Gasteiger partial charge on any atom is -0.450 e. The van der Waals surface area contributed by atoms with E-state index < -0.39 is 11.6 Å². The second-order valence-electron chi connectivity index (χ2n) is 4.22. The van der Waals surface area contributed by atoms with Crippen molar-refractivity contribution in [3.05, 3.63) is 0 Å². The van der Waals surface area contributed by atoms with Crippen molar-refractivity contribution in [2.45, 2.75) is 44.7 Å². The molecule has 1 amide bonds. The van der Waals surface area contributed by atoms with Gasteiger partial charge in [-0.15, -0.1) is 0 Å². The van der Waals surface area contributed by atoms with E-state index in [0.717, 1.165) is 6.42 Å². The summed E-state index contributed by atoms with van der Waals surface area (Å²) in [6.07, 6.45) is 1.29. The van der Waals surface area contributed by atoms with Crippen LogP contribution >= 0.6 is 0 Å². The van der Waals surface area contributed by atoms with Gasteiger partial charge in [0.15, 0.2) is 17.1 Å². The van der Waals surface area contributed by atoms with Crippen molar-refractivity contribution >= 4 is 17.7 Å². The fraction of sp³-hybridized carbons (Fsp3) is 0.727. The Balaban J connectivity index is 2.26. The maximum atomic E-state index is 11.8. The predicted molar refractivity (Wildman–Crippen MR) is 54.9 cm³/mol. The van der Waals surface area contributed by atoms with Crippen molar-refractivity contribution in [3.63, 3.8) is 0 Å². The third kappa shape index (κ3) is 1.20. The van der Waals surface area contributed by atoms with Crippen LogP contribution in [0.4, 0.5) is 4.79 Å². The van der Waals surface area contributed by atoms with Crippen LogP contribution in [-0.4, -0.2) is 40.7 Å². The Morgan fingerprint density at radius 2 is 2.25 bits per heavy atom. The van der Waals surface area contributed by atoms with Gasteiger partial charge in [-0.2, -0.15) is 0 Å². The molecule has 5 heteroatoms. The quantitative estimate of drug-likeness (QED) is 0.517. The van der Waals surface area contributed by atoms with Gasteiger partial charge in [-0.1, -0.05) is 0 Å². The predicted octanol–water partition coefficient (Wildman–Crippen LogP) is 0.908. The molecule has 0 aromatic rings. The van der Waals surface area contributed by atoms with Crippen molar-refractivity contribution < 1.29 is 19.1 Å². The largest absolute Gasteiger partial charge is 0.450 e. The fourth-order valence-corrected chi connectivity index (χ4v) is 2.72. The molecule has 88 valence electrons. The normalized spacial score (nSPS) is 32.0. The number of ether oxygens (including phenoxy) is 1. The summed E-state index contributed by atoms with van der Waals surface area (Å²) in [6, 6.07) is -0.259. The molecule has 2 fully saturated rings. The maximum Gasteiger partial charge on any atom is 0.411 e. The number of carbonyl (C=O) groups is 3. The Morgan fingerprint density at radius 1 is 1.56 bits per heavy atom. The number of amides is 1. The van der Waals surface area contributed by atoms with Crippen molar-refractivity contribution in [1.82, 2.24) is 4.90 Å². The first kappa shape index (κ1) is 11.1. The Morgan fingerprint density at radius 3 is 2.75 bits per heavy atom. The molecule has 0 bridgehead atoms. The van der Waals surface area contributed by atoms with Gasteiger partial charge in [-0.05, 0) is 26.7 Å². The van der Waals surface area contributed by atoms with Crippen LogP contribution in [0.3, 0.4) is 0 Å². The number of hydrogen-bond donors (Lipinski definition) is 0. The molecule has 2 aliphatic rings. The Labute approximate surface area is 93.7 Å². The number of ketones is 2. The molecule has 1 saturated carbocycles. The second-order valence-corrected chi connectivity index (χ2v) is 4.22. The summed E-state index contributed by atoms with van der Waals surface area (Å²) in [6.45, 7) is 3.33. The highest BCUT2D eigenvalue weighted by Gasteiger charge is 2.74. The van der Waals surface area contributed by atoms with Crippen LogP contribution in [0.5, 0.6) is 0 Å². The lowest BCUT2D eigenvalue weighted by Gasteiger charge is -2.14. The first-order valence-electron chi connectivity index (χ1n) is 5.57. The second kappa shape index (κ2) is 3.57. The summed E-state index contributed by atoms with van der Waals surface area (Å²) in [5.74, 6) is -0.375. The molecule has 2 unspecified atom stereocenters. The highest BCUT2D eigenvalue weighted by molar-refractivity contribution is 6.18. The molecule has 2 atom stereocenters. The highest BCUT2D eigenvalue weighted by atomic mass is 16.6. The maximum absolute atomic E-state index is 11.8. The lowest BCUT2D eigenvalue weighted by Crippen LogP contribution is -2.41. The molecule has 1 saturated heterocycles. The molecular weight excluding hydrogens is 210 g/mol. The molecular formula is C11H15NO4. The molecule has 2 rings (SSSR count). The monoisotopic (exact) mass is 225 g/mol. The van der Waals surface area contributed by atoms with Crippen LogP contribution in [0.1, 0.15) is 33.1 Å². The number of Topliss-reactive ketones (excluding diaryl/α,β-unsaturated/α-hetero) is 2. The summed E-state index contributed by atoms with van der Waals surface area (Å²) < 4.78 is 4.86. The number of hydrogen-bond acceptors (Lipinski definition) is 4. The van der Waals surface area contributed by atoms with Gasteiger partial charge in [-0.3, -0.25) is 14.5 Å². The third-order valence-electron chi connectivity index (χ3n) is 3.41. The lowest BCUT2D eigenvalue weighted by molar-refractivity contribution is -0.131. The van der Waals surface area contributed by atoms with Crippen molar-refractivity contribution in [1.29, 1.82) is 0 Å². The first-order chi connectivity index (χ1) is 7.56. The van der Waals surface area contributed by atoms with E-state index >= 15 is 0 Å². The molecule has 0 aromatic carbocycles. The Kier molecular flexibility index (Phi) is 2.48. The fourth-order valence-electron chi connectivity index (χ4n) is 2.72. The first-order valence-corrected chi connectivity index (χ1v) is 5.57. The van der Waals surface area contributed by atoms with Crippen LogP contribution in [0.2, 0.25) is 0 Å². The third-order valence-corrected chi connectivity index (χ3v) is 3.41. The smallest absolute Gasteiger partial charge is 0.411 e. The molecule has 1 aliphatic carbocycles. The average molecular weight is 225 g/mol. The Bertz CT molecular complexity index is 365. The van der Waals surface area contributed by atoms with Crippen molar-refractivity contribution in [2.24, 2.45) is 0 Å². The van der Waals surface area contributed by atoms with Crippen molar-refractivity contribution in [3.8, 4) is 0 Å². The minimum absolute atomic E-state index is 0.135. The van der Waals surface area contributed by atoms with Gasteiger partial charge in [0.2, 0.25) is 0 Å². The topological polar surface area (TPSA) is 63.5 Å². The van der Waals surface area contributed by atoms with E-state index in [1.54, 1.807) is 6.92 Å². The van der Waals surface area contributed by atoms with Crippen LogP contribution in [0.15, 0.2) is 0 Å². The van der Waals surface area contributed by atoms with Crippen molar-refractivity contribution in [2.75, 3.05) is 6.61 Å². The zero-order valence-corrected chi connectivity index (χ0v) is 9.49. The van der Waals surface area contributed by atoms with Crippen LogP contribution in [-0.2, 0) is 14.3 Å². The lowest BCUT2D eigenvalue weighted by atomic mass is 9.85. The average Bonchev–Trinajstić information content (AvgIpc) is 2.90. The van der Waals surface area contributed by atoms with E-state index in [2.05, 4.69) is 0 Å². The summed E-state index contributed by atoms with van der Waals surface area (Å²) >= 11 is 0. The standard InChI is InChI=1S/C11H15NO4/c1-3-16-10(15)12-8-5-4-6-9(14)11(8,12)7(2)13/h8H,3-6H2,1-2H3. The van der Waals surface area contributed by atoms with Crippen LogP contribution in [0.25, 0.3) is 0 Å².